The summed E-state index contributed by atoms with van der Waals surface area (Å²) in [5.41, 5.74) is 2.21. The van der Waals surface area contributed by atoms with E-state index in [0.29, 0.717) is 5.41 Å². The fourth-order valence-electron chi connectivity index (χ4n) is 4.90. The maximum Gasteiger partial charge on any atom is 0.162 e. The van der Waals surface area contributed by atoms with Crippen molar-refractivity contribution >= 4 is 16.7 Å². The molecule has 1 N–H and O–H groups in total. The van der Waals surface area contributed by atoms with Crippen LogP contribution in [0.3, 0.4) is 0 Å². The highest BCUT2D eigenvalue weighted by Crippen LogP contribution is 2.42. The molecule has 2 aliphatic rings. The van der Waals surface area contributed by atoms with Crippen LogP contribution in [0.15, 0.2) is 43.0 Å². The standard InChI is InChI=1S/C23H28N6O/c1-17(15-30)29-13-7-23(16-29)5-11-28(12-6-23)22-19-4-10-25-14-20(19)26-21(27-22)18-2-8-24-9-3-18/h2-4,8-10,14,17,30H,5-7,11-13,15-16H2,1H3/t17-/m1/s1. The van der Waals surface area contributed by atoms with E-state index in [2.05, 4.69) is 26.7 Å². The van der Waals surface area contributed by atoms with Gasteiger partial charge in [0, 0.05) is 55.2 Å². The van der Waals surface area contributed by atoms with Crippen molar-refractivity contribution in [1.29, 1.82) is 0 Å². The first-order valence-electron chi connectivity index (χ1n) is 10.8. The van der Waals surface area contributed by atoms with Gasteiger partial charge in [-0.3, -0.25) is 14.9 Å². The molecule has 30 heavy (non-hydrogen) atoms. The molecule has 0 amide bonds. The first-order valence-corrected chi connectivity index (χ1v) is 10.8. The zero-order valence-corrected chi connectivity index (χ0v) is 17.4. The van der Waals surface area contributed by atoms with Crippen LogP contribution in [0, 0.1) is 5.41 Å². The van der Waals surface area contributed by atoms with Gasteiger partial charge < -0.3 is 10.0 Å². The molecule has 0 bridgehead atoms. The third-order valence-corrected chi connectivity index (χ3v) is 6.90. The van der Waals surface area contributed by atoms with E-state index in [-0.39, 0.29) is 12.6 Å². The van der Waals surface area contributed by atoms with E-state index < -0.39 is 0 Å². The number of aromatic nitrogens is 4. The highest BCUT2D eigenvalue weighted by atomic mass is 16.3. The molecule has 3 aromatic heterocycles. The van der Waals surface area contributed by atoms with Gasteiger partial charge >= 0.3 is 0 Å². The highest BCUT2D eigenvalue weighted by molar-refractivity contribution is 5.90. The van der Waals surface area contributed by atoms with Crippen LogP contribution in [0.5, 0.6) is 0 Å². The fraction of sp³-hybridized carbons (Fsp3) is 0.478. The molecule has 156 valence electrons. The Bertz CT molecular complexity index is 1020. The largest absolute Gasteiger partial charge is 0.395 e. The van der Waals surface area contributed by atoms with E-state index in [4.69, 9.17) is 9.97 Å². The van der Waals surface area contributed by atoms with Crippen molar-refractivity contribution in [1.82, 2.24) is 24.8 Å². The minimum atomic E-state index is 0.237. The molecule has 0 saturated carbocycles. The second kappa shape index (κ2) is 7.89. The number of anilines is 1. The second-order valence-corrected chi connectivity index (χ2v) is 8.74. The van der Waals surface area contributed by atoms with Gasteiger partial charge in [0.2, 0.25) is 0 Å². The summed E-state index contributed by atoms with van der Waals surface area (Å²) in [5.74, 6) is 1.72. The molecule has 2 saturated heterocycles. The van der Waals surface area contributed by atoms with Crippen molar-refractivity contribution < 1.29 is 5.11 Å². The van der Waals surface area contributed by atoms with E-state index >= 15 is 0 Å². The smallest absolute Gasteiger partial charge is 0.162 e. The maximum atomic E-state index is 9.52. The molecule has 2 aliphatic heterocycles. The topological polar surface area (TPSA) is 78.3 Å². The van der Waals surface area contributed by atoms with Gasteiger partial charge in [-0.2, -0.15) is 0 Å². The van der Waals surface area contributed by atoms with E-state index in [0.717, 1.165) is 67.1 Å². The number of likely N-dealkylation sites (tertiary alicyclic amines) is 1. The van der Waals surface area contributed by atoms with Gasteiger partial charge in [-0.1, -0.05) is 0 Å². The highest BCUT2D eigenvalue weighted by Gasteiger charge is 2.42. The van der Waals surface area contributed by atoms with Crippen molar-refractivity contribution in [2.24, 2.45) is 5.41 Å². The van der Waals surface area contributed by atoms with Crippen LogP contribution in [0.1, 0.15) is 26.2 Å². The minimum Gasteiger partial charge on any atom is -0.395 e. The van der Waals surface area contributed by atoms with Crippen molar-refractivity contribution in [3.8, 4) is 11.4 Å². The van der Waals surface area contributed by atoms with Gasteiger partial charge in [0.05, 0.1) is 18.3 Å². The van der Waals surface area contributed by atoms with E-state index in [9.17, 15) is 5.11 Å². The lowest BCUT2D eigenvalue weighted by Crippen LogP contribution is -2.43. The third kappa shape index (κ3) is 3.52. The zero-order valence-electron chi connectivity index (χ0n) is 17.4. The molecular formula is C23H28N6O. The number of fused-ring (bicyclic) bond motifs is 1. The van der Waals surface area contributed by atoms with Crippen molar-refractivity contribution in [3.63, 3.8) is 0 Å². The minimum absolute atomic E-state index is 0.237. The fourth-order valence-corrected chi connectivity index (χ4v) is 4.90. The quantitative estimate of drug-likeness (QED) is 0.716. The number of hydrogen-bond acceptors (Lipinski definition) is 7. The number of rotatable bonds is 4. The molecular weight excluding hydrogens is 376 g/mol. The summed E-state index contributed by atoms with van der Waals surface area (Å²) in [5, 5.41) is 10.6. The first kappa shape index (κ1) is 19.3. The summed E-state index contributed by atoms with van der Waals surface area (Å²) < 4.78 is 0. The Morgan fingerprint density at radius 2 is 1.73 bits per heavy atom. The lowest BCUT2D eigenvalue weighted by Gasteiger charge is -2.40. The molecule has 7 nitrogen and oxygen atoms in total. The van der Waals surface area contributed by atoms with E-state index in [1.807, 2.05) is 30.6 Å². The molecule has 0 radical (unpaired) electrons. The Morgan fingerprint density at radius 1 is 1.00 bits per heavy atom. The predicted molar refractivity (Wildman–Crippen MR) is 117 cm³/mol. The van der Waals surface area contributed by atoms with Gasteiger partial charge in [-0.25, -0.2) is 9.97 Å². The third-order valence-electron chi connectivity index (χ3n) is 6.90. The van der Waals surface area contributed by atoms with Crippen LogP contribution >= 0.6 is 0 Å². The number of aliphatic hydroxyl groups is 1. The molecule has 1 atom stereocenters. The van der Waals surface area contributed by atoms with Crippen LogP contribution in [0.25, 0.3) is 22.3 Å². The summed E-state index contributed by atoms with van der Waals surface area (Å²) in [7, 11) is 0. The Balaban J connectivity index is 1.42. The summed E-state index contributed by atoms with van der Waals surface area (Å²) in [6, 6.07) is 6.17. The first-order chi connectivity index (χ1) is 14.7. The van der Waals surface area contributed by atoms with Crippen molar-refractivity contribution in [3.05, 3.63) is 43.0 Å². The Morgan fingerprint density at radius 3 is 2.50 bits per heavy atom. The predicted octanol–water partition coefficient (Wildman–Crippen LogP) is 2.76. The lowest BCUT2D eigenvalue weighted by molar-refractivity contribution is 0.133. The summed E-state index contributed by atoms with van der Waals surface area (Å²) in [6.45, 7) is 6.53. The van der Waals surface area contributed by atoms with E-state index in [1.54, 1.807) is 12.4 Å². The second-order valence-electron chi connectivity index (χ2n) is 8.74. The van der Waals surface area contributed by atoms with Crippen LogP contribution in [0.4, 0.5) is 5.82 Å². The molecule has 3 aromatic rings. The molecule has 7 heteroatoms. The summed E-state index contributed by atoms with van der Waals surface area (Å²) >= 11 is 0. The molecule has 1 spiro atoms. The monoisotopic (exact) mass is 404 g/mol. The number of aliphatic hydroxyl groups excluding tert-OH is 1. The number of piperidine rings is 1. The molecule has 0 aromatic carbocycles. The molecule has 5 heterocycles. The Hall–Kier alpha value is -2.64. The maximum absolute atomic E-state index is 9.52. The van der Waals surface area contributed by atoms with Crippen molar-refractivity contribution in [2.45, 2.75) is 32.2 Å². The zero-order chi connectivity index (χ0) is 20.6. The normalized spacial score (nSPS) is 20.1. The van der Waals surface area contributed by atoms with E-state index in [1.165, 1.54) is 6.42 Å². The van der Waals surface area contributed by atoms with Crippen molar-refractivity contribution in [2.75, 3.05) is 37.7 Å². The Labute approximate surface area is 176 Å². The number of pyridine rings is 2. The molecule has 0 aliphatic carbocycles. The van der Waals surface area contributed by atoms with Gasteiger partial charge in [-0.05, 0) is 56.3 Å². The van der Waals surface area contributed by atoms with Crippen LogP contribution < -0.4 is 4.90 Å². The Kier molecular flexibility index (Phi) is 5.08. The number of hydrogen-bond donors (Lipinski definition) is 1. The van der Waals surface area contributed by atoms with Gasteiger partial charge in [0.15, 0.2) is 5.82 Å². The van der Waals surface area contributed by atoms with Crippen LogP contribution in [0.2, 0.25) is 0 Å². The molecule has 0 unspecified atom stereocenters. The molecule has 5 rings (SSSR count). The SMILES string of the molecule is C[C@H](CO)N1CCC2(CCN(c3nc(-c4ccncc4)nc4cnccc34)CC2)C1. The van der Waals surface area contributed by atoms with Gasteiger partial charge in [0.1, 0.15) is 5.82 Å². The number of nitrogens with zero attached hydrogens (tertiary/aromatic N) is 6. The average Bonchev–Trinajstić information content (AvgIpc) is 3.22. The summed E-state index contributed by atoms with van der Waals surface area (Å²) in [4.78, 5) is 23.0. The lowest BCUT2D eigenvalue weighted by atomic mass is 9.77. The summed E-state index contributed by atoms with van der Waals surface area (Å²) in [6.07, 6.45) is 10.7. The molecule has 2 fully saturated rings. The average molecular weight is 405 g/mol. The van der Waals surface area contributed by atoms with Crippen LogP contribution in [-0.2, 0) is 0 Å². The van der Waals surface area contributed by atoms with Gasteiger partial charge in [-0.15, -0.1) is 0 Å². The van der Waals surface area contributed by atoms with Gasteiger partial charge in [0.25, 0.3) is 0 Å². The van der Waals surface area contributed by atoms with Crippen LogP contribution in [-0.4, -0.2) is 68.8 Å².